The molecular weight excluding hydrogens is 1490 g/mol. The van der Waals surface area contributed by atoms with Crippen molar-refractivity contribution in [3.63, 3.8) is 0 Å². The van der Waals surface area contributed by atoms with Gasteiger partial charge in [-0.3, -0.25) is 0 Å². The minimum Gasteiger partial charge on any atom is -0.508 e. The van der Waals surface area contributed by atoms with E-state index in [0.717, 1.165) is 6.07 Å². The van der Waals surface area contributed by atoms with Gasteiger partial charge in [0.2, 0.25) is 0 Å². The monoisotopic (exact) mass is 1590 g/mol. The molecule has 4 unspecified atom stereocenters. The average molecular weight is 1590 g/mol. The molecule has 10 aliphatic rings. The van der Waals surface area contributed by atoms with Crippen LogP contribution in [0, 0.1) is 13.8 Å². The second kappa shape index (κ2) is 34.2. The number of hydroxylamine groups is 1. The first kappa shape index (κ1) is 83.4. The van der Waals surface area contributed by atoms with Crippen LogP contribution < -0.4 is 10.2 Å². The molecule has 2 aromatic carbocycles. The highest BCUT2D eigenvalue weighted by Gasteiger charge is 2.67. The normalized spacial score (nSPS) is 43.5. The maximum atomic E-state index is 14.2. The summed E-state index contributed by atoms with van der Waals surface area (Å²) in [6.45, 7) is 11.1. The Morgan fingerprint density at radius 3 is 2.05 bits per heavy atom. The van der Waals surface area contributed by atoms with Gasteiger partial charge in [-0.1, -0.05) is 23.2 Å². The number of aryl methyl sites for hydroxylation is 1. The molecule has 0 aliphatic carbocycles. The Bertz CT molecular complexity index is 3390. The van der Waals surface area contributed by atoms with Crippen LogP contribution in [0.15, 0.2) is 12.1 Å². The van der Waals surface area contributed by atoms with Crippen molar-refractivity contribution in [3.8, 4) is 23.0 Å². The van der Waals surface area contributed by atoms with E-state index in [4.69, 9.17) is 146 Å². The van der Waals surface area contributed by atoms with E-state index in [9.17, 15) is 55.6 Å². The third kappa shape index (κ3) is 16.4. The number of nitrogens with one attached hydrogen (secondary N) is 1. The number of fused-ring (bicyclic) bond motifs is 3. The molecule has 0 bridgehead atoms. The third-order valence-electron chi connectivity index (χ3n) is 21.1. The minimum atomic E-state index is -1.99. The summed E-state index contributed by atoms with van der Waals surface area (Å²) in [7, 11) is 6.72. The second-order valence-electron chi connectivity index (χ2n) is 28.4. The van der Waals surface area contributed by atoms with Gasteiger partial charge in [0.05, 0.1) is 80.5 Å². The van der Waals surface area contributed by atoms with Crippen molar-refractivity contribution in [2.24, 2.45) is 0 Å². The van der Waals surface area contributed by atoms with E-state index in [1.807, 2.05) is 0 Å². The fraction of sp³-hybridized carbons (Fsp3) is 0.794. The Morgan fingerprint density at radius 1 is 0.648 bits per heavy atom. The highest BCUT2D eigenvalue weighted by atomic mass is 35.5. The molecular formula is C68H97Cl2NO37. The van der Waals surface area contributed by atoms with E-state index in [2.05, 4.69) is 5.48 Å². The number of carbonyl (C=O) groups is 2. The van der Waals surface area contributed by atoms with Gasteiger partial charge in [0, 0.05) is 47.3 Å². The summed E-state index contributed by atoms with van der Waals surface area (Å²) in [6, 6.07) is 2.29. The van der Waals surface area contributed by atoms with Gasteiger partial charge < -0.3 is 169 Å². The van der Waals surface area contributed by atoms with Crippen LogP contribution >= 0.6 is 23.2 Å². The lowest BCUT2D eigenvalue weighted by molar-refractivity contribution is -0.412. The number of rotatable bonds is 24. The smallest absolute Gasteiger partial charge is 0.342 e. The van der Waals surface area contributed by atoms with E-state index < -0.39 is 232 Å². The quantitative estimate of drug-likeness (QED) is 0.0394. The number of hydrogen-bond donors (Lipinski definition) is 10. The fourth-order valence-electron chi connectivity index (χ4n) is 15.9. The van der Waals surface area contributed by atoms with Crippen LogP contribution in [0.25, 0.3) is 0 Å². The second-order valence-corrected chi connectivity index (χ2v) is 29.2. The first-order valence-corrected chi connectivity index (χ1v) is 36.0. The summed E-state index contributed by atoms with van der Waals surface area (Å²) >= 11 is 12.8. The van der Waals surface area contributed by atoms with Gasteiger partial charge >= 0.3 is 17.9 Å². The number of benzene rings is 2. The van der Waals surface area contributed by atoms with Gasteiger partial charge in [0.25, 0.3) is 5.97 Å². The first-order valence-electron chi connectivity index (χ1n) is 35.3. The number of aliphatic hydroxyl groups is 5. The van der Waals surface area contributed by atoms with Gasteiger partial charge in [-0.2, -0.15) is 5.48 Å². The van der Waals surface area contributed by atoms with Gasteiger partial charge in [0.15, 0.2) is 74.3 Å². The van der Waals surface area contributed by atoms with Crippen molar-refractivity contribution in [2.75, 3.05) is 69.0 Å². The van der Waals surface area contributed by atoms with Gasteiger partial charge in [0.1, 0.15) is 126 Å². The van der Waals surface area contributed by atoms with Crippen molar-refractivity contribution >= 4 is 35.1 Å². The van der Waals surface area contributed by atoms with Crippen molar-refractivity contribution in [1.82, 2.24) is 5.48 Å². The molecule has 12 rings (SSSR count). The van der Waals surface area contributed by atoms with E-state index in [0.29, 0.717) is 0 Å². The zero-order chi connectivity index (χ0) is 77.9. The number of phenolic OH excluding ortho intramolecular Hbond substituents is 3. The van der Waals surface area contributed by atoms with Crippen LogP contribution in [0.3, 0.4) is 0 Å². The van der Waals surface area contributed by atoms with Crippen molar-refractivity contribution in [1.29, 1.82) is 0 Å². The highest BCUT2D eigenvalue weighted by molar-refractivity contribution is 6.39. The van der Waals surface area contributed by atoms with Gasteiger partial charge in [-0.15, -0.1) is 0 Å². The van der Waals surface area contributed by atoms with Crippen molar-refractivity contribution in [2.45, 2.75) is 276 Å². The zero-order valence-electron chi connectivity index (χ0n) is 61.3. The number of aliphatic hydroxyl groups excluding tert-OH is 5. The number of phenols is 3. The van der Waals surface area contributed by atoms with Gasteiger partial charge in [-0.05, 0) is 72.6 Å². The number of aromatic hydroxyl groups is 3. The van der Waals surface area contributed by atoms with Crippen LogP contribution in [0.1, 0.15) is 92.6 Å². The van der Waals surface area contributed by atoms with E-state index in [1.54, 1.807) is 41.5 Å². The molecule has 38 nitrogen and oxygen atoms in total. The number of methoxy groups -OCH3 is 5. The molecule has 10 aliphatic heterocycles. The standard InChI is InChI=1S/C68H97Cl2NO37/c1-24-14-31(72)15-32(73)40(24)60(79)98-36-21-93-68(59-54(36)89-22-91-59)106-37-20-88-63(46(77)53(37)108-68)103-65-57(86-12)45(76)52(35(99-65)19-83-9)102-64-47(78)56(50(84-10)27(4)96-64)90-23-92-62(81)51-29(6)105-67(107-51)17-33(74)48(28(5)104-67)100-38-16-34(97-39-18-66(8,71-82)58(87-13)30(7)95-39)49(26(3)94-38)101-61(80)41-25(2)42(69)44(75)43(70)55(41)85-11/h14-15,26-30,33-39,45-54,56-59,62-65,71-78,81-82H,16-23H2,1-13H3/t26-,27-,28-,29?,30+,33-,34-,35+,36+,37-,38+,39+,45-,46-,47-,48-,49-,50+,51?,52+,53-,54-,56-,57-,58+,59-,62?,63+,64+,65-,66+,67+,68?/m1/s1. The molecule has 610 valence electrons. The lowest BCUT2D eigenvalue weighted by Gasteiger charge is -2.48. The molecule has 10 N–H and O–H groups in total. The summed E-state index contributed by atoms with van der Waals surface area (Å²) in [5.41, 5.74) is 1.28. The molecule has 10 saturated heterocycles. The first-order chi connectivity index (χ1) is 51.3. The molecule has 10 fully saturated rings. The topological polar surface area (TPSA) is 468 Å². The summed E-state index contributed by atoms with van der Waals surface area (Å²) < 4.78 is 158. The predicted octanol–water partition coefficient (Wildman–Crippen LogP) is 0.781. The fourth-order valence-corrected chi connectivity index (χ4v) is 16.4. The highest BCUT2D eigenvalue weighted by Crippen LogP contribution is 2.49. The SMILES string of the molecule is COC[C@@H]1O[C@H](O[C@@H]2OC[C@H]3OC4(OC[C@H](OC(=O)c5c(C)cc(O)cc5O)[C@H]5OCO[C@H]54)O[C@H]3[C@H]2O)[C@H](OC)[C@H](O)[C@H]1O[C@@H]1O[C@H](C)[C@H](OC)[C@H](OCOC(O)C2O[C@]3(C[C@@H](O)[C@H](O[C@H]4C[C@@H](O[C@H]5C[C@](C)(NO)[C@@H](OC)[C@H](C)O5)[C@H](OC(=O)c5c(C)c(Cl)c(O)c(Cl)c5OC)[C@@H](C)O4)[C@@H](C)O3)OC2C)[C@H]1O. The van der Waals surface area contributed by atoms with Crippen molar-refractivity contribution < 1.29 is 179 Å². The van der Waals surface area contributed by atoms with Crippen molar-refractivity contribution in [3.05, 3.63) is 44.4 Å². The largest absolute Gasteiger partial charge is 0.508 e. The molecule has 2 aromatic rings. The average Bonchev–Trinajstić information content (AvgIpc) is 1.62. The molecule has 33 atom stereocenters. The Morgan fingerprint density at radius 2 is 1.36 bits per heavy atom. The summed E-state index contributed by atoms with van der Waals surface area (Å²) in [4.78, 5) is 27.5. The summed E-state index contributed by atoms with van der Waals surface area (Å²) in [5, 5.41) is 100. The number of hydrogen-bond acceptors (Lipinski definition) is 38. The number of ether oxygens (including phenoxy) is 26. The summed E-state index contributed by atoms with van der Waals surface area (Å²) in [5.74, 6) is -7.25. The van der Waals surface area contributed by atoms with Crippen LogP contribution in [0.4, 0.5) is 0 Å². The van der Waals surface area contributed by atoms with E-state index >= 15 is 0 Å². The molecule has 0 radical (unpaired) electrons. The lowest BCUT2D eigenvalue weighted by Crippen LogP contribution is -2.66. The Kier molecular flexibility index (Phi) is 26.4. The molecule has 0 saturated carbocycles. The Balaban J connectivity index is 0.641. The molecule has 0 amide bonds. The molecule has 10 heterocycles. The lowest BCUT2D eigenvalue weighted by atomic mass is 9.85. The van der Waals surface area contributed by atoms with Crippen LogP contribution in [0.5, 0.6) is 23.0 Å². The third-order valence-corrected chi connectivity index (χ3v) is 21.9. The molecule has 2 spiro atoms. The van der Waals surface area contributed by atoms with Crippen LogP contribution in [-0.2, 0) is 118 Å². The number of carbonyl (C=O) groups excluding carboxylic acids is 2. The Labute approximate surface area is 629 Å². The minimum absolute atomic E-state index is 0.0509. The van der Waals surface area contributed by atoms with Crippen LogP contribution in [-0.4, -0.2) is 329 Å². The van der Waals surface area contributed by atoms with E-state index in [1.165, 1.54) is 55.5 Å². The predicted molar refractivity (Wildman–Crippen MR) is 353 cm³/mol. The molecule has 0 aromatic heterocycles. The maximum absolute atomic E-state index is 14.2. The Hall–Kier alpha value is -4.04. The van der Waals surface area contributed by atoms with Gasteiger partial charge in [-0.25, -0.2) is 9.59 Å². The maximum Gasteiger partial charge on any atom is 0.342 e. The molecule has 108 heavy (non-hydrogen) atoms. The van der Waals surface area contributed by atoms with Crippen LogP contribution in [0.2, 0.25) is 10.0 Å². The number of esters is 2. The van der Waals surface area contributed by atoms with E-state index in [-0.39, 0.29) is 89.7 Å². The number of halogens is 2. The summed E-state index contributed by atoms with van der Waals surface area (Å²) in [6.07, 6.45) is -36.6. The zero-order valence-corrected chi connectivity index (χ0v) is 62.9. The molecule has 40 heteroatoms.